The van der Waals surface area contributed by atoms with Gasteiger partial charge in [-0.15, -0.1) is 0 Å². The van der Waals surface area contributed by atoms with Crippen LogP contribution >= 0.6 is 0 Å². The van der Waals surface area contributed by atoms with Gasteiger partial charge in [-0.05, 0) is 30.5 Å². The van der Waals surface area contributed by atoms with Crippen LogP contribution in [0.1, 0.15) is 44.1 Å². The lowest BCUT2D eigenvalue weighted by Crippen LogP contribution is -2.32. The summed E-state index contributed by atoms with van der Waals surface area (Å²) in [7, 11) is 1.71. The van der Waals surface area contributed by atoms with Crippen molar-refractivity contribution in [2.24, 2.45) is 5.73 Å². The molecule has 0 bridgehead atoms. The summed E-state index contributed by atoms with van der Waals surface area (Å²) in [5, 5.41) is 0. The first kappa shape index (κ1) is 15.6. The van der Waals surface area contributed by atoms with Crippen LogP contribution in [0.4, 0.5) is 0 Å². The fraction of sp³-hybridized carbons (Fsp3) is 0.667. The molecule has 1 heterocycles. The Morgan fingerprint density at radius 3 is 2.55 bits per heavy atom. The van der Waals surface area contributed by atoms with Gasteiger partial charge in [0.25, 0.3) is 0 Å². The van der Waals surface area contributed by atoms with Crippen molar-refractivity contribution in [2.45, 2.75) is 50.0 Å². The summed E-state index contributed by atoms with van der Waals surface area (Å²) >= 11 is 0. The Morgan fingerprint density at radius 1 is 1.18 bits per heavy atom. The van der Waals surface area contributed by atoms with Crippen molar-refractivity contribution in [1.29, 1.82) is 0 Å². The van der Waals surface area contributed by atoms with Gasteiger partial charge in [-0.2, -0.15) is 0 Å². The van der Waals surface area contributed by atoms with Gasteiger partial charge < -0.3 is 19.9 Å². The average Bonchev–Trinajstić information content (AvgIpc) is 3.06. The van der Waals surface area contributed by atoms with Crippen molar-refractivity contribution < 1.29 is 14.2 Å². The lowest BCUT2D eigenvalue weighted by atomic mass is 9.79. The van der Waals surface area contributed by atoms with Gasteiger partial charge in [0, 0.05) is 24.8 Å². The smallest absolute Gasteiger partial charge is 0.161 e. The average molecular weight is 305 g/mol. The molecule has 1 saturated carbocycles. The number of benzene rings is 1. The minimum atomic E-state index is 0.129. The molecule has 0 atom stereocenters. The maximum absolute atomic E-state index is 6.13. The van der Waals surface area contributed by atoms with Gasteiger partial charge >= 0.3 is 0 Å². The Bertz CT molecular complexity index is 491. The molecule has 2 N–H and O–H groups in total. The molecular weight excluding hydrogens is 278 g/mol. The molecule has 3 rings (SSSR count). The second-order valence-electron chi connectivity index (χ2n) is 6.49. The summed E-state index contributed by atoms with van der Waals surface area (Å²) in [4.78, 5) is 0. The van der Waals surface area contributed by atoms with Crippen molar-refractivity contribution in [3.63, 3.8) is 0 Å². The molecule has 4 heteroatoms. The lowest BCUT2D eigenvalue weighted by Gasteiger charge is -2.29. The molecule has 1 saturated heterocycles. The monoisotopic (exact) mass is 305 g/mol. The van der Waals surface area contributed by atoms with Crippen LogP contribution in [0.25, 0.3) is 0 Å². The minimum absolute atomic E-state index is 0.129. The van der Waals surface area contributed by atoms with E-state index in [1.807, 2.05) is 0 Å². The maximum Gasteiger partial charge on any atom is 0.161 e. The van der Waals surface area contributed by atoms with Crippen LogP contribution < -0.4 is 15.2 Å². The van der Waals surface area contributed by atoms with Gasteiger partial charge in [0.05, 0.1) is 20.3 Å². The van der Waals surface area contributed by atoms with Crippen LogP contribution in [-0.4, -0.2) is 33.0 Å². The summed E-state index contributed by atoms with van der Waals surface area (Å²) in [5.41, 5.74) is 7.52. The zero-order chi connectivity index (χ0) is 15.4. The van der Waals surface area contributed by atoms with Gasteiger partial charge in [0.2, 0.25) is 0 Å². The van der Waals surface area contributed by atoms with Crippen molar-refractivity contribution in [2.75, 3.05) is 26.9 Å². The van der Waals surface area contributed by atoms with Crippen LogP contribution in [0, 0.1) is 0 Å². The van der Waals surface area contributed by atoms with E-state index >= 15 is 0 Å². The Balaban J connectivity index is 1.80. The van der Waals surface area contributed by atoms with E-state index in [1.165, 1.54) is 31.2 Å². The zero-order valence-corrected chi connectivity index (χ0v) is 13.5. The predicted octanol–water partition coefficient (Wildman–Crippen LogP) is 3.02. The van der Waals surface area contributed by atoms with Crippen molar-refractivity contribution in [3.8, 4) is 11.5 Å². The predicted molar refractivity (Wildman–Crippen MR) is 86.7 cm³/mol. The molecule has 0 aromatic heterocycles. The summed E-state index contributed by atoms with van der Waals surface area (Å²) < 4.78 is 17.1. The second-order valence-corrected chi connectivity index (χ2v) is 6.49. The van der Waals surface area contributed by atoms with Gasteiger partial charge in [-0.1, -0.05) is 18.9 Å². The maximum atomic E-state index is 6.13. The fourth-order valence-electron chi connectivity index (χ4n) is 3.73. The quantitative estimate of drug-likeness (QED) is 0.908. The first-order valence-electron chi connectivity index (χ1n) is 8.40. The highest BCUT2D eigenvalue weighted by Crippen LogP contribution is 2.43. The third kappa shape index (κ3) is 3.08. The van der Waals surface area contributed by atoms with E-state index < -0.39 is 0 Å². The standard InChI is InChI=1S/C18H27NO3/c1-20-17-12-14(18(13-19)8-2-3-9-18)4-5-16(17)22-15-6-10-21-11-7-15/h4-5,12,15H,2-3,6-11,13,19H2,1H3. The van der Waals surface area contributed by atoms with Crippen molar-refractivity contribution in [1.82, 2.24) is 0 Å². The van der Waals surface area contributed by atoms with Crippen LogP contribution in [-0.2, 0) is 10.2 Å². The van der Waals surface area contributed by atoms with Gasteiger partial charge in [-0.3, -0.25) is 0 Å². The Kier molecular flexibility index (Phi) is 4.89. The Labute approximate surface area is 132 Å². The summed E-state index contributed by atoms with van der Waals surface area (Å²) in [6, 6.07) is 6.36. The molecule has 0 radical (unpaired) electrons. The topological polar surface area (TPSA) is 53.7 Å². The molecule has 22 heavy (non-hydrogen) atoms. The highest BCUT2D eigenvalue weighted by molar-refractivity contribution is 5.46. The minimum Gasteiger partial charge on any atom is -0.493 e. The summed E-state index contributed by atoms with van der Waals surface area (Å²) in [5.74, 6) is 1.66. The van der Waals surface area contributed by atoms with E-state index in [0.29, 0.717) is 6.54 Å². The van der Waals surface area contributed by atoms with E-state index in [-0.39, 0.29) is 11.5 Å². The molecule has 122 valence electrons. The van der Waals surface area contributed by atoms with Crippen molar-refractivity contribution >= 4 is 0 Å². The van der Waals surface area contributed by atoms with Crippen molar-refractivity contribution in [3.05, 3.63) is 23.8 Å². The van der Waals surface area contributed by atoms with Gasteiger partial charge in [0.15, 0.2) is 11.5 Å². The van der Waals surface area contributed by atoms with Gasteiger partial charge in [0.1, 0.15) is 6.10 Å². The van der Waals surface area contributed by atoms with E-state index in [2.05, 4.69) is 18.2 Å². The SMILES string of the molecule is COc1cc(C2(CN)CCCC2)ccc1OC1CCOCC1. The number of hydrogen-bond acceptors (Lipinski definition) is 4. The largest absolute Gasteiger partial charge is 0.493 e. The number of nitrogens with two attached hydrogens (primary N) is 1. The van der Waals surface area contributed by atoms with E-state index in [4.69, 9.17) is 19.9 Å². The highest BCUT2D eigenvalue weighted by Gasteiger charge is 2.34. The number of methoxy groups -OCH3 is 1. The van der Waals surface area contributed by atoms with E-state index in [9.17, 15) is 0 Å². The second kappa shape index (κ2) is 6.88. The third-order valence-corrected chi connectivity index (χ3v) is 5.19. The molecular formula is C18H27NO3. The molecule has 1 aromatic carbocycles. The number of ether oxygens (including phenoxy) is 3. The summed E-state index contributed by atoms with van der Waals surface area (Å²) in [6.07, 6.45) is 6.98. The van der Waals surface area contributed by atoms with Crippen LogP contribution in [0.3, 0.4) is 0 Å². The molecule has 0 spiro atoms. The molecule has 4 nitrogen and oxygen atoms in total. The lowest BCUT2D eigenvalue weighted by molar-refractivity contribution is 0.0245. The third-order valence-electron chi connectivity index (χ3n) is 5.19. The molecule has 2 fully saturated rings. The van der Waals surface area contributed by atoms with E-state index in [0.717, 1.165) is 37.6 Å². The molecule has 1 aliphatic heterocycles. The van der Waals surface area contributed by atoms with E-state index in [1.54, 1.807) is 7.11 Å². The zero-order valence-electron chi connectivity index (χ0n) is 13.5. The number of hydrogen-bond donors (Lipinski definition) is 1. The first-order valence-corrected chi connectivity index (χ1v) is 8.40. The molecule has 1 aromatic rings. The Morgan fingerprint density at radius 2 is 1.91 bits per heavy atom. The summed E-state index contributed by atoms with van der Waals surface area (Å²) in [6.45, 7) is 2.26. The van der Waals surface area contributed by atoms with Crippen LogP contribution in [0.2, 0.25) is 0 Å². The molecule has 2 aliphatic rings. The first-order chi connectivity index (χ1) is 10.8. The number of rotatable bonds is 5. The normalized spacial score (nSPS) is 21.7. The molecule has 0 unspecified atom stereocenters. The molecule has 0 amide bonds. The van der Waals surface area contributed by atoms with Gasteiger partial charge in [-0.25, -0.2) is 0 Å². The molecule has 1 aliphatic carbocycles. The van der Waals surface area contributed by atoms with Crippen LogP contribution in [0.5, 0.6) is 11.5 Å². The Hall–Kier alpha value is -1.26. The van der Waals surface area contributed by atoms with Crippen LogP contribution in [0.15, 0.2) is 18.2 Å². The highest BCUT2D eigenvalue weighted by atomic mass is 16.5. The fourth-order valence-corrected chi connectivity index (χ4v) is 3.73.